The lowest BCUT2D eigenvalue weighted by Gasteiger charge is -1.99. The van der Waals surface area contributed by atoms with E-state index in [1.54, 1.807) is 35.2 Å². The number of aromatic carboxylic acids is 1. The molecule has 0 aliphatic rings. The van der Waals surface area contributed by atoms with Crippen molar-refractivity contribution in [2.45, 2.75) is 10.8 Å². The van der Waals surface area contributed by atoms with Crippen LogP contribution in [0.3, 0.4) is 0 Å². The van der Waals surface area contributed by atoms with E-state index in [0.717, 1.165) is 14.6 Å². The van der Waals surface area contributed by atoms with Gasteiger partial charge in [-0.25, -0.2) is 9.78 Å². The van der Waals surface area contributed by atoms with Gasteiger partial charge in [0.2, 0.25) is 0 Å². The average molecular weight is 330 g/mol. The van der Waals surface area contributed by atoms with Gasteiger partial charge in [0.05, 0.1) is 14.4 Å². The van der Waals surface area contributed by atoms with Crippen LogP contribution < -0.4 is 0 Å². The van der Waals surface area contributed by atoms with Crippen LogP contribution in [0.2, 0.25) is 0 Å². The number of thiophene rings is 1. The summed E-state index contributed by atoms with van der Waals surface area (Å²) in [5.74, 6) is -0.113. The third-order valence-corrected chi connectivity index (χ3v) is 4.56. The number of hydrogen-bond acceptors (Lipinski definition) is 4. The van der Waals surface area contributed by atoms with Crippen molar-refractivity contribution >= 4 is 45.0 Å². The maximum absolute atomic E-state index is 10.6. The molecule has 0 spiro atoms. The maximum atomic E-state index is 10.6. The Morgan fingerprint density at radius 2 is 2.35 bits per heavy atom. The quantitative estimate of drug-likeness (QED) is 0.864. The maximum Gasteiger partial charge on any atom is 0.337 e. The molecular weight excluding hydrogens is 322 g/mol. The highest BCUT2D eigenvalue weighted by Crippen LogP contribution is 2.26. The van der Waals surface area contributed by atoms with Crippen molar-refractivity contribution < 1.29 is 9.90 Å². The molecule has 0 bridgehead atoms. The van der Waals surface area contributed by atoms with Gasteiger partial charge in [-0.3, -0.25) is 0 Å². The van der Waals surface area contributed by atoms with Gasteiger partial charge in [-0.1, -0.05) is 0 Å². The number of carbonyl (C=O) groups is 1. The zero-order valence-electron chi connectivity index (χ0n) is 8.59. The summed E-state index contributed by atoms with van der Waals surface area (Å²) in [6.07, 6.45) is 1.38. The predicted molar refractivity (Wildman–Crippen MR) is 72.8 cm³/mol. The monoisotopic (exact) mass is 329 g/mol. The fraction of sp³-hybridized carbons (Fsp3) is 0.0909. The van der Waals surface area contributed by atoms with Crippen LogP contribution in [-0.4, -0.2) is 16.1 Å². The van der Waals surface area contributed by atoms with Gasteiger partial charge in [0, 0.05) is 11.9 Å². The largest absolute Gasteiger partial charge is 0.478 e. The fourth-order valence-corrected chi connectivity index (χ4v) is 3.26. The molecule has 6 heteroatoms. The SMILES string of the molecule is O=C(O)c1ccc(SCc2csc(Br)c2)nc1. The molecule has 0 aliphatic carbocycles. The lowest BCUT2D eigenvalue weighted by Crippen LogP contribution is -1.96. The first-order valence-corrected chi connectivity index (χ1v) is 7.36. The number of carboxylic acid groups (broad SMARTS) is 1. The lowest BCUT2D eigenvalue weighted by molar-refractivity contribution is 0.0696. The van der Waals surface area contributed by atoms with Crippen molar-refractivity contribution in [1.29, 1.82) is 0 Å². The van der Waals surface area contributed by atoms with Crippen LogP contribution in [0.25, 0.3) is 0 Å². The Hall–Kier alpha value is -0.850. The second-order valence-electron chi connectivity index (χ2n) is 3.24. The number of halogens is 1. The molecule has 0 aromatic carbocycles. The van der Waals surface area contributed by atoms with Crippen molar-refractivity contribution in [3.63, 3.8) is 0 Å². The highest BCUT2D eigenvalue weighted by molar-refractivity contribution is 9.11. The molecule has 17 heavy (non-hydrogen) atoms. The van der Waals surface area contributed by atoms with E-state index in [0.29, 0.717) is 0 Å². The molecule has 0 fully saturated rings. The molecule has 1 N–H and O–H groups in total. The van der Waals surface area contributed by atoms with Crippen molar-refractivity contribution in [2.24, 2.45) is 0 Å². The summed E-state index contributed by atoms with van der Waals surface area (Å²) in [6.45, 7) is 0. The van der Waals surface area contributed by atoms with Crippen molar-refractivity contribution in [3.05, 3.63) is 44.7 Å². The van der Waals surface area contributed by atoms with Gasteiger partial charge in [0.25, 0.3) is 0 Å². The highest BCUT2D eigenvalue weighted by Gasteiger charge is 2.04. The van der Waals surface area contributed by atoms with E-state index in [4.69, 9.17) is 5.11 Å². The predicted octanol–water partition coefficient (Wildman–Crippen LogP) is 3.90. The summed E-state index contributed by atoms with van der Waals surface area (Å²) in [6, 6.07) is 5.38. The lowest BCUT2D eigenvalue weighted by atomic mass is 10.3. The highest BCUT2D eigenvalue weighted by atomic mass is 79.9. The first-order valence-electron chi connectivity index (χ1n) is 4.70. The van der Waals surface area contributed by atoms with Gasteiger partial charge < -0.3 is 5.11 Å². The Kier molecular flexibility index (Phi) is 4.20. The number of hydrogen-bond donors (Lipinski definition) is 1. The number of thioether (sulfide) groups is 1. The van der Waals surface area contributed by atoms with E-state index in [9.17, 15) is 4.79 Å². The molecule has 0 saturated carbocycles. The number of pyridine rings is 1. The summed E-state index contributed by atoms with van der Waals surface area (Å²) in [5, 5.41) is 11.7. The Balaban J connectivity index is 1.97. The molecular formula is C11H8BrNO2S2. The minimum atomic E-state index is -0.948. The van der Waals surface area contributed by atoms with Crippen LogP contribution in [0.4, 0.5) is 0 Å². The summed E-state index contributed by atoms with van der Waals surface area (Å²) in [4.78, 5) is 14.7. The van der Waals surface area contributed by atoms with Gasteiger partial charge in [-0.05, 0) is 45.1 Å². The molecule has 0 aliphatic heterocycles. The zero-order chi connectivity index (χ0) is 12.3. The Morgan fingerprint density at radius 3 is 2.88 bits per heavy atom. The number of rotatable bonds is 4. The standard InChI is InChI=1S/C11H8BrNO2S2/c12-9-3-7(5-16-9)6-17-10-2-1-8(4-13-10)11(14)15/h1-5H,6H2,(H,14,15). The van der Waals surface area contributed by atoms with Crippen molar-refractivity contribution in [1.82, 2.24) is 4.98 Å². The zero-order valence-corrected chi connectivity index (χ0v) is 11.8. The molecule has 2 aromatic rings. The van der Waals surface area contributed by atoms with Crippen LogP contribution in [0, 0.1) is 0 Å². The minimum Gasteiger partial charge on any atom is -0.478 e. The molecule has 0 radical (unpaired) electrons. The molecule has 2 rings (SSSR count). The Bertz CT molecular complexity index is 525. The summed E-state index contributed by atoms with van der Waals surface area (Å²) < 4.78 is 1.11. The number of carboxylic acids is 1. The smallest absolute Gasteiger partial charge is 0.337 e. The van der Waals surface area contributed by atoms with Crippen LogP contribution in [0.5, 0.6) is 0 Å². The second-order valence-corrected chi connectivity index (χ2v) is 6.52. The minimum absolute atomic E-state index is 0.215. The van der Waals surface area contributed by atoms with Crippen LogP contribution in [0.15, 0.2) is 38.6 Å². The molecule has 2 aromatic heterocycles. The molecule has 0 saturated heterocycles. The third kappa shape index (κ3) is 3.55. The van der Waals surface area contributed by atoms with Crippen LogP contribution in [0.1, 0.15) is 15.9 Å². The van der Waals surface area contributed by atoms with Crippen molar-refractivity contribution in [3.8, 4) is 0 Å². The van der Waals surface area contributed by atoms with E-state index in [-0.39, 0.29) is 5.56 Å². The van der Waals surface area contributed by atoms with E-state index in [2.05, 4.69) is 32.4 Å². The molecule has 2 heterocycles. The van der Waals surface area contributed by atoms with E-state index >= 15 is 0 Å². The van der Waals surface area contributed by atoms with E-state index in [1.807, 2.05) is 0 Å². The summed E-state index contributed by atoms with van der Waals surface area (Å²) in [5.41, 5.74) is 1.45. The molecule has 3 nitrogen and oxygen atoms in total. The van der Waals surface area contributed by atoms with Crippen LogP contribution in [-0.2, 0) is 5.75 Å². The third-order valence-electron chi connectivity index (χ3n) is 1.99. The van der Waals surface area contributed by atoms with E-state index in [1.165, 1.54) is 11.8 Å². The molecule has 0 unspecified atom stereocenters. The number of aromatic nitrogens is 1. The Labute approximate surface area is 115 Å². The van der Waals surface area contributed by atoms with Gasteiger partial charge >= 0.3 is 5.97 Å². The molecule has 0 amide bonds. The van der Waals surface area contributed by atoms with Crippen LogP contribution >= 0.6 is 39.0 Å². The summed E-state index contributed by atoms with van der Waals surface area (Å²) in [7, 11) is 0. The van der Waals surface area contributed by atoms with E-state index < -0.39 is 5.97 Å². The van der Waals surface area contributed by atoms with Gasteiger partial charge in [0.1, 0.15) is 0 Å². The summed E-state index contributed by atoms with van der Waals surface area (Å²) >= 11 is 6.65. The van der Waals surface area contributed by atoms with Gasteiger partial charge in [0.15, 0.2) is 0 Å². The van der Waals surface area contributed by atoms with Gasteiger partial charge in [-0.2, -0.15) is 0 Å². The average Bonchev–Trinajstić information content (AvgIpc) is 2.73. The Morgan fingerprint density at radius 1 is 1.53 bits per heavy atom. The molecule has 88 valence electrons. The topological polar surface area (TPSA) is 50.2 Å². The fourth-order valence-electron chi connectivity index (χ4n) is 1.17. The second kappa shape index (κ2) is 5.66. The van der Waals surface area contributed by atoms with Gasteiger partial charge in [-0.15, -0.1) is 23.1 Å². The number of nitrogens with zero attached hydrogens (tertiary/aromatic N) is 1. The first-order chi connectivity index (χ1) is 8.15. The normalized spacial score (nSPS) is 10.4. The molecule has 0 atom stereocenters. The van der Waals surface area contributed by atoms with Crippen molar-refractivity contribution in [2.75, 3.05) is 0 Å². The first kappa shape index (κ1) is 12.6.